The molecule has 0 aromatic heterocycles. The molecule has 3 unspecified atom stereocenters. The normalized spacial score (nSPS) is 30.5. The first-order chi connectivity index (χ1) is 17.4. The second kappa shape index (κ2) is 12.3. The molecule has 0 radical (unpaired) electrons. The number of thioether (sulfide) groups is 1. The van der Waals surface area contributed by atoms with Gasteiger partial charge < -0.3 is 20.6 Å². The Morgan fingerprint density at radius 2 is 1.89 bits per heavy atom. The van der Waals surface area contributed by atoms with Gasteiger partial charge in [0, 0.05) is 36.3 Å². The predicted molar refractivity (Wildman–Crippen MR) is 146 cm³/mol. The van der Waals surface area contributed by atoms with Gasteiger partial charge >= 0.3 is 0 Å². The largest absolute Gasteiger partial charge is 0.396 e. The number of amides is 3. The van der Waals surface area contributed by atoms with Crippen LogP contribution in [-0.2, 0) is 20.9 Å². The number of aliphatic hydroxyl groups is 1. The number of hydrogen-bond acceptors (Lipinski definition) is 5. The van der Waals surface area contributed by atoms with Gasteiger partial charge in [0.1, 0.15) is 6.04 Å². The van der Waals surface area contributed by atoms with E-state index >= 15 is 0 Å². The summed E-state index contributed by atoms with van der Waals surface area (Å²) in [5.41, 5.74) is 1.01. The molecule has 9 heteroatoms. The highest BCUT2D eigenvalue weighted by molar-refractivity contribution is 9.09. The van der Waals surface area contributed by atoms with E-state index in [2.05, 4.69) is 33.5 Å². The lowest BCUT2D eigenvalue weighted by molar-refractivity contribution is -0.140. The summed E-state index contributed by atoms with van der Waals surface area (Å²) in [5, 5.41) is 15.3. The Balaban J connectivity index is 1.56. The maximum Gasteiger partial charge on any atom is 0.244 e. The number of nitrogens with one attached hydrogen (secondary N) is 2. The average Bonchev–Trinajstić information content (AvgIpc) is 3.47. The summed E-state index contributed by atoms with van der Waals surface area (Å²) in [5.74, 6) is -1.24. The van der Waals surface area contributed by atoms with Crippen molar-refractivity contribution in [3.05, 3.63) is 35.9 Å². The molecule has 3 aliphatic rings. The molecule has 1 spiro atoms. The highest BCUT2D eigenvalue weighted by Crippen LogP contribution is 2.67. The van der Waals surface area contributed by atoms with Gasteiger partial charge in [-0.3, -0.25) is 14.4 Å². The molecule has 6 atom stereocenters. The van der Waals surface area contributed by atoms with E-state index in [9.17, 15) is 14.4 Å². The van der Waals surface area contributed by atoms with Crippen LogP contribution in [0.15, 0.2) is 30.3 Å². The highest BCUT2D eigenvalue weighted by atomic mass is 79.9. The van der Waals surface area contributed by atoms with Crippen LogP contribution < -0.4 is 10.6 Å². The number of carbonyl (C=O) groups is 3. The van der Waals surface area contributed by atoms with Gasteiger partial charge in [-0.05, 0) is 37.7 Å². The number of halogens is 1. The third-order valence-electron chi connectivity index (χ3n) is 7.79. The molecule has 3 heterocycles. The Hall–Kier alpha value is -1.58. The lowest BCUT2D eigenvalue weighted by atomic mass is 9.70. The third kappa shape index (κ3) is 5.34. The number of rotatable bonds is 13. The minimum Gasteiger partial charge on any atom is -0.396 e. The van der Waals surface area contributed by atoms with E-state index in [1.165, 1.54) is 0 Å². The molecule has 2 bridgehead atoms. The highest BCUT2D eigenvalue weighted by Gasteiger charge is 2.75. The van der Waals surface area contributed by atoms with E-state index in [1.807, 2.05) is 30.3 Å². The topological polar surface area (TPSA) is 98.7 Å². The molecule has 3 N–H and O–H groups in total. The van der Waals surface area contributed by atoms with Crippen LogP contribution in [0.1, 0.15) is 57.4 Å². The third-order valence-corrected chi connectivity index (χ3v) is 11.0. The van der Waals surface area contributed by atoms with E-state index in [4.69, 9.17) is 5.11 Å². The summed E-state index contributed by atoms with van der Waals surface area (Å²) in [6, 6.07) is 9.19. The fourth-order valence-corrected chi connectivity index (χ4v) is 9.74. The fourth-order valence-electron chi connectivity index (χ4n) is 6.13. The van der Waals surface area contributed by atoms with Crippen molar-refractivity contribution < 1.29 is 19.5 Å². The Kier molecular flexibility index (Phi) is 9.39. The zero-order chi connectivity index (χ0) is 25.7. The van der Waals surface area contributed by atoms with Crippen molar-refractivity contribution in [1.29, 1.82) is 0 Å². The first kappa shape index (κ1) is 27.5. The summed E-state index contributed by atoms with van der Waals surface area (Å²) in [6.07, 6.45) is 5.93. The Labute approximate surface area is 226 Å². The Bertz CT molecular complexity index is 935. The monoisotopic (exact) mass is 579 g/mol. The second-order valence-electron chi connectivity index (χ2n) is 10.2. The van der Waals surface area contributed by atoms with Crippen molar-refractivity contribution >= 4 is 45.4 Å². The smallest absolute Gasteiger partial charge is 0.244 e. The van der Waals surface area contributed by atoms with Crippen molar-refractivity contribution in [2.75, 3.05) is 19.7 Å². The molecule has 3 saturated heterocycles. The first-order valence-electron chi connectivity index (χ1n) is 13.3. The van der Waals surface area contributed by atoms with Crippen LogP contribution in [0.3, 0.4) is 0 Å². The van der Waals surface area contributed by atoms with Gasteiger partial charge in [-0.2, -0.15) is 0 Å². The van der Waals surface area contributed by atoms with Crippen molar-refractivity contribution in [3.63, 3.8) is 0 Å². The van der Waals surface area contributed by atoms with Crippen LogP contribution in [0.5, 0.6) is 0 Å². The molecule has 3 aliphatic heterocycles. The number of alkyl halides is 1. The molecule has 0 saturated carbocycles. The van der Waals surface area contributed by atoms with Gasteiger partial charge in [-0.25, -0.2) is 0 Å². The lowest BCUT2D eigenvalue weighted by Crippen LogP contribution is -2.55. The zero-order valence-electron chi connectivity index (χ0n) is 21.0. The van der Waals surface area contributed by atoms with Crippen molar-refractivity contribution in [3.8, 4) is 0 Å². The molecule has 198 valence electrons. The summed E-state index contributed by atoms with van der Waals surface area (Å²) < 4.78 is -0.601. The van der Waals surface area contributed by atoms with Crippen molar-refractivity contribution in [1.82, 2.24) is 15.5 Å². The average molecular weight is 581 g/mol. The maximum atomic E-state index is 13.9. The fraction of sp³-hybridized carbons (Fsp3) is 0.667. The number of carbonyl (C=O) groups excluding carboxylic acids is 3. The van der Waals surface area contributed by atoms with E-state index < -0.39 is 22.6 Å². The van der Waals surface area contributed by atoms with Gasteiger partial charge in [0.05, 0.1) is 16.6 Å². The van der Waals surface area contributed by atoms with Gasteiger partial charge in [0.15, 0.2) is 0 Å². The molecule has 1 aromatic rings. The molecule has 3 amide bonds. The molecule has 4 rings (SSSR count). The van der Waals surface area contributed by atoms with Crippen LogP contribution >= 0.6 is 27.7 Å². The van der Waals surface area contributed by atoms with Gasteiger partial charge in [0.2, 0.25) is 17.7 Å². The quantitative estimate of drug-likeness (QED) is 0.246. The second-order valence-corrected chi connectivity index (χ2v) is 12.9. The van der Waals surface area contributed by atoms with Gasteiger partial charge in [-0.1, -0.05) is 66.0 Å². The summed E-state index contributed by atoms with van der Waals surface area (Å²) in [7, 11) is 0. The molecule has 0 aliphatic carbocycles. The number of likely N-dealkylation sites (tertiary alicyclic amines) is 1. The van der Waals surface area contributed by atoms with Crippen molar-refractivity contribution in [2.24, 2.45) is 11.8 Å². The molecule has 7 nitrogen and oxygen atoms in total. The Morgan fingerprint density at radius 3 is 2.61 bits per heavy atom. The summed E-state index contributed by atoms with van der Waals surface area (Å²) in [6.45, 7) is 3.74. The van der Waals surface area contributed by atoms with Gasteiger partial charge in [0.25, 0.3) is 0 Å². The molecule has 3 fully saturated rings. The van der Waals surface area contributed by atoms with Crippen LogP contribution in [0.2, 0.25) is 0 Å². The Morgan fingerprint density at radius 1 is 1.11 bits per heavy atom. The number of fused-ring (bicyclic) bond motifs is 1. The van der Waals surface area contributed by atoms with Crippen LogP contribution in [0.4, 0.5) is 0 Å². The van der Waals surface area contributed by atoms with Crippen molar-refractivity contribution in [2.45, 2.75) is 79.3 Å². The van der Waals surface area contributed by atoms with Gasteiger partial charge in [-0.15, -0.1) is 11.8 Å². The number of hydrogen-bond donors (Lipinski definition) is 3. The SMILES string of the molecule is CCCCCNC(=O)C1N(CCCCCO)C(=O)[C@@H]2[C@@H](C(=O)NCc3ccccc3)[C@@H]3SC12CC3Br. The molecular weight excluding hydrogens is 542 g/mol. The van der Waals surface area contributed by atoms with E-state index in [1.54, 1.807) is 16.7 Å². The number of benzene rings is 1. The summed E-state index contributed by atoms with van der Waals surface area (Å²) in [4.78, 5) is 42.9. The maximum absolute atomic E-state index is 13.9. The van der Waals surface area contributed by atoms with E-state index in [-0.39, 0.29) is 34.4 Å². The molecular formula is C27H38BrN3O4S. The minimum atomic E-state index is -0.601. The number of nitrogens with zero attached hydrogens (tertiary/aromatic N) is 1. The predicted octanol–water partition coefficient (Wildman–Crippen LogP) is 3.24. The number of aliphatic hydroxyl groups excluding tert-OH is 1. The van der Waals surface area contributed by atoms with Crippen LogP contribution in [0, 0.1) is 11.8 Å². The molecule has 1 aromatic carbocycles. The van der Waals surface area contributed by atoms with Crippen LogP contribution in [-0.4, -0.2) is 68.3 Å². The first-order valence-corrected chi connectivity index (χ1v) is 15.1. The van der Waals surface area contributed by atoms with E-state index in [0.29, 0.717) is 32.5 Å². The summed E-state index contributed by atoms with van der Waals surface area (Å²) >= 11 is 5.48. The lowest BCUT2D eigenvalue weighted by Gasteiger charge is -2.35. The minimum absolute atomic E-state index is 0.0401. The van der Waals surface area contributed by atoms with E-state index in [0.717, 1.165) is 37.7 Å². The van der Waals surface area contributed by atoms with Crippen LogP contribution in [0.25, 0.3) is 0 Å². The molecule has 36 heavy (non-hydrogen) atoms. The number of unbranched alkanes of at least 4 members (excludes halogenated alkanes) is 4. The zero-order valence-corrected chi connectivity index (χ0v) is 23.4. The standard InChI is InChI=1S/C27H38BrN3O4S/c1-2-3-8-13-29-25(34)23-27-16-19(28)22(36-27)20(24(33)30-17-18-11-6-4-7-12-18)21(27)26(35)31(23)14-9-5-10-15-32/h4,6-7,11-12,19-23,32H,2-3,5,8-10,13-17H2,1H3,(H,29,34)(H,30,33)/t19?,20-,21+,22-,23?,27?/m1/s1.